The quantitative estimate of drug-likeness (QED) is 0.581. The van der Waals surface area contributed by atoms with Crippen molar-refractivity contribution in [2.75, 3.05) is 20.2 Å². The van der Waals surface area contributed by atoms with Crippen molar-refractivity contribution in [2.45, 2.75) is 51.0 Å². The molecule has 1 aromatic carbocycles. The molecule has 0 spiro atoms. The molecule has 0 atom stereocenters. The van der Waals surface area contributed by atoms with E-state index in [1.54, 1.807) is 12.1 Å². The van der Waals surface area contributed by atoms with Crippen molar-refractivity contribution in [2.24, 2.45) is 0 Å². The smallest absolute Gasteiger partial charge is 0.224 e. The van der Waals surface area contributed by atoms with Crippen LogP contribution in [-0.2, 0) is 11.2 Å². The molecule has 4 nitrogen and oxygen atoms in total. The van der Waals surface area contributed by atoms with Crippen molar-refractivity contribution < 1.29 is 13.9 Å². The Bertz CT molecular complexity index is 506. The molecular weight excluding hydrogens is 331 g/mol. The number of methoxy groups -OCH3 is 1. The maximum absolute atomic E-state index is 13.6. The lowest BCUT2D eigenvalue weighted by molar-refractivity contribution is -0.120. The Hall–Kier alpha value is -1.33. The number of amides is 1. The van der Waals surface area contributed by atoms with Crippen LogP contribution in [0.15, 0.2) is 18.2 Å². The Kier molecular flexibility index (Phi) is 9.72. The van der Waals surface area contributed by atoms with Gasteiger partial charge in [0, 0.05) is 19.1 Å². The average molecular weight is 359 g/mol. The molecule has 136 valence electrons. The predicted octanol–water partition coefficient (Wildman–Crippen LogP) is 3.23. The van der Waals surface area contributed by atoms with E-state index >= 15 is 0 Å². The minimum atomic E-state index is -0.437. The molecule has 0 saturated heterocycles. The highest BCUT2D eigenvalue weighted by Crippen LogP contribution is 2.18. The third-order valence-corrected chi connectivity index (χ3v) is 4.32. The van der Waals surface area contributed by atoms with Gasteiger partial charge >= 0.3 is 0 Å². The number of carbonyl (C=O) groups excluding carboxylic acids is 1. The van der Waals surface area contributed by atoms with E-state index in [0.717, 1.165) is 6.54 Å². The molecule has 1 aliphatic carbocycles. The second-order valence-electron chi connectivity index (χ2n) is 6.14. The zero-order valence-corrected chi connectivity index (χ0v) is 15.1. The van der Waals surface area contributed by atoms with Crippen molar-refractivity contribution in [3.63, 3.8) is 0 Å². The monoisotopic (exact) mass is 358 g/mol. The van der Waals surface area contributed by atoms with Gasteiger partial charge in [-0.05, 0) is 30.5 Å². The maximum Gasteiger partial charge on any atom is 0.224 e. The van der Waals surface area contributed by atoms with Gasteiger partial charge < -0.3 is 15.4 Å². The third kappa shape index (κ3) is 7.05. The van der Waals surface area contributed by atoms with Gasteiger partial charge in [0.2, 0.25) is 5.91 Å². The topological polar surface area (TPSA) is 50.4 Å². The summed E-state index contributed by atoms with van der Waals surface area (Å²) in [5.41, 5.74) is 0.650. The van der Waals surface area contributed by atoms with Crippen molar-refractivity contribution in [3.05, 3.63) is 29.6 Å². The van der Waals surface area contributed by atoms with Crippen molar-refractivity contribution in [1.82, 2.24) is 10.6 Å². The van der Waals surface area contributed by atoms with E-state index in [4.69, 9.17) is 4.74 Å². The van der Waals surface area contributed by atoms with Crippen LogP contribution >= 0.6 is 12.4 Å². The van der Waals surface area contributed by atoms with Crippen molar-refractivity contribution >= 4 is 18.3 Å². The number of nitrogens with one attached hydrogen (secondary N) is 2. The summed E-state index contributed by atoms with van der Waals surface area (Å²) in [7, 11) is 1.42. The molecule has 24 heavy (non-hydrogen) atoms. The largest absolute Gasteiger partial charge is 0.494 e. The first-order valence-electron chi connectivity index (χ1n) is 8.51. The van der Waals surface area contributed by atoms with E-state index < -0.39 is 5.82 Å². The third-order valence-electron chi connectivity index (χ3n) is 4.32. The second kappa shape index (κ2) is 11.3. The molecule has 1 aliphatic rings. The molecule has 0 heterocycles. The lowest BCUT2D eigenvalue weighted by atomic mass is 10.1. The SMILES string of the molecule is COc1ccc(CC(=O)NCCNC2CCCCCC2)cc1F.Cl. The van der Waals surface area contributed by atoms with Crippen LogP contribution in [0.2, 0.25) is 0 Å². The fourth-order valence-corrected chi connectivity index (χ4v) is 3.03. The van der Waals surface area contributed by atoms with E-state index in [0.29, 0.717) is 18.2 Å². The van der Waals surface area contributed by atoms with E-state index in [-0.39, 0.29) is 30.5 Å². The van der Waals surface area contributed by atoms with Gasteiger partial charge in [0.1, 0.15) is 0 Å². The second-order valence-corrected chi connectivity index (χ2v) is 6.14. The number of carbonyl (C=O) groups is 1. The number of benzene rings is 1. The number of rotatable bonds is 7. The van der Waals surface area contributed by atoms with Gasteiger partial charge in [0.25, 0.3) is 0 Å². The molecule has 2 N–H and O–H groups in total. The Morgan fingerprint density at radius 3 is 2.54 bits per heavy atom. The van der Waals surface area contributed by atoms with Gasteiger partial charge in [-0.3, -0.25) is 4.79 Å². The van der Waals surface area contributed by atoms with Gasteiger partial charge in [-0.1, -0.05) is 31.7 Å². The molecule has 2 rings (SSSR count). The molecule has 0 aromatic heterocycles. The Morgan fingerprint density at radius 1 is 1.21 bits per heavy atom. The van der Waals surface area contributed by atoms with Gasteiger partial charge in [-0.15, -0.1) is 12.4 Å². The van der Waals surface area contributed by atoms with E-state index in [2.05, 4.69) is 10.6 Å². The van der Waals surface area contributed by atoms with Crippen LogP contribution in [0.25, 0.3) is 0 Å². The molecule has 1 saturated carbocycles. The van der Waals surface area contributed by atoms with Gasteiger partial charge in [-0.25, -0.2) is 4.39 Å². The average Bonchev–Trinajstić information content (AvgIpc) is 2.80. The van der Waals surface area contributed by atoms with Crippen LogP contribution in [-0.4, -0.2) is 32.1 Å². The first kappa shape index (κ1) is 20.7. The fourth-order valence-electron chi connectivity index (χ4n) is 3.03. The summed E-state index contributed by atoms with van der Waals surface area (Å²) in [5.74, 6) is -0.327. The van der Waals surface area contributed by atoms with E-state index in [9.17, 15) is 9.18 Å². The minimum Gasteiger partial charge on any atom is -0.494 e. The first-order valence-corrected chi connectivity index (χ1v) is 8.51. The summed E-state index contributed by atoms with van der Waals surface area (Å²) in [4.78, 5) is 11.9. The van der Waals surface area contributed by atoms with Crippen LogP contribution in [0.4, 0.5) is 4.39 Å². The first-order chi connectivity index (χ1) is 11.2. The standard InChI is InChI=1S/C18H27FN2O2.ClH/c1-23-17-9-8-14(12-16(17)19)13-18(22)21-11-10-20-15-6-4-2-3-5-7-15;/h8-9,12,15,20H,2-7,10-11,13H2,1H3,(H,21,22);1H. The highest BCUT2D eigenvalue weighted by atomic mass is 35.5. The summed E-state index contributed by atoms with van der Waals surface area (Å²) < 4.78 is 18.4. The highest BCUT2D eigenvalue weighted by Gasteiger charge is 2.11. The molecule has 1 amide bonds. The molecule has 0 radical (unpaired) electrons. The van der Waals surface area contributed by atoms with Crippen LogP contribution < -0.4 is 15.4 Å². The minimum absolute atomic E-state index is 0. The molecule has 1 fully saturated rings. The van der Waals surface area contributed by atoms with Crippen LogP contribution in [0.3, 0.4) is 0 Å². The zero-order chi connectivity index (χ0) is 16.5. The van der Waals surface area contributed by atoms with Crippen LogP contribution in [0.5, 0.6) is 5.75 Å². The summed E-state index contributed by atoms with van der Waals surface area (Å²) in [5, 5.41) is 6.39. The lowest BCUT2D eigenvalue weighted by Crippen LogP contribution is -2.37. The van der Waals surface area contributed by atoms with E-state index in [1.165, 1.54) is 51.7 Å². The molecule has 6 heteroatoms. The van der Waals surface area contributed by atoms with Crippen LogP contribution in [0, 0.1) is 5.82 Å². The van der Waals surface area contributed by atoms with Crippen molar-refractivity contribution in [1.29, 1.82) is 0 Å². The lowest BCUT2D eigenvalue weighted by Gasteiger charge is -2.16. The Morgan fingerprint density at radius 2 is 1.92 bits per heavy atom. The Balaban J connectivity index is 0.00000288. The van der Waals surface area contributed by atoms with Gasteiger partial charge in [0.15, 0.2) is 11.6 Å². The molecule has 0 unspecified atom stereocenters. The predicted molar refractivity (Wildman–Crippen MR) is 96.4 cm³/mol. The summed E-state index contributed by atoms with van der Waals surface area (Å²) in [6, 6.07) is 5.20. The molecule has 0 bridgehead atoms. The van der Waals surface area contributed by atoms with E-state index in [1.807, 2.05) is 0 Å². The molecular formula is C18H28ClFN2O2. The number of ether oxygens (including phenoxy) is 1. The Labute approximate surface area is 149 Å². The van der Waals surface area contributed by atoms with Crippen LogP contribution in [0.1, 0.15) is 44.1 Å². The number of hydrogen-bond acceptors (Lipinski definition) is 3. The fraction of sp³-hybridized carbons (Fsp3) is 0.611. The summed E-state index contributed by atoms with van der Waals surface area (Å²) >= 11 is 0. The molecule has 0 aliphatic heterocycles. The van der Waals surface area contributed by atoms with Crippen molar-refractivity contribution in [3.8, 4) is 5.75 Å². The number of halogens is 2. The summed E-state index contributed by atoms with van der Waals surface area (Å²) in [6.45, 7) is 1.39. The highest BCUT2D eigenvalue weighted by molar-refractivity contribution is 5.85. The van der Waals surface area contributed by atoms with Gasteiger partial charge in [0.05, 0.1) is 13.5 Å². The molecule has 1 aromatic rings. The number of hydrogen-bond donors (Lipinski definition) is 2. The summed E-state index contributed by atoms with van der Waals surface area (Å²) in [6.07, 6.45) is 7.93. The zero-order valence-electron chi connectivity index (χ0n) is 14.3. The normalized spacial score (nSPS) is 15.2. The van der Waals surface area contributed by atoms with Gasteiger partial charge in [-0.2, -0.15) is 0 Å². The maximum atomic E-state index is 13.6.